The van der Waals surface area contributed by atoms with Crippen LogP contribution in [-0.2, 0) is 4.79 Å². The number of nitrogens with one attached hydrogen (secondary N) is 2. The van der Waals surface area contributed by atoms with Crippen molar-refractivity contribution in [1.82, 2.24) is 10.3 Å². The number of rotatable bonds is 4. The van der Waals surface area contributed by atoms with Crippen LogP contribution in [0, 0.1) is 12.8 Å². The number of aryl methyl sites for hydroxylation is 1. The summed E-state index contributed by atoms with van der Waals surface area (Å²) in [6.45, 7) is 4.15. The minimum Gasteiger partial charge on any atom is -0.325 e. The third-order valence-corrected chi connectivity index (χ3v) is 3.40. The first-order valence-electron chi connectivity index (χ1n) is 6.66. The third kappa shape index (κ3) is 6.55. The predicted molar refractivity (Wildman–Crippen MR) is 86.9 cm³/mol. The van der Waals surface area contributed by atoms with Crippen molar-refractivity contribution in [3.05, 3.63) is 24.0 Å². The average molecular weight is 320 g/mol. The van der Waals surface area contributed by atoms with E-state index in [1.807, 2.05) is 13.0 Å². The zero-order valence-electron chi connectivity index (χ0n) is 11.7. The van der Waals surface area contributed by atoms with E-state index in [2.05, 4.69) is 15.6 Å². The molecule has 1 amide bonds. The third-order valence-electron chi connectivity index (χ3n) is 3.40. The predicted octanol–water partition coefficient (Wildman–Crippen LogP) is 2.95. The second-order valence-corrected chi connectivity index (χ2v) is 5.03. The SMILES string of the molecule is Cc1cncc(NC(=O)CCC2CCNCC2)c1.Cl.Cl. The van der Waals surface area contributed by atoms with Gasteiger partial charge in [-0.3, -0.25) is 9.78 Å². The summed E-state index contributed by atoms with van der Waals surface area (Å²) in [7, 11) is 0. The number of nitrogens with zero attached hydrogens (tertiary/aromatic N) is 1. The fraction of sp³-hybridized carbons (Fsp3) is 0.571. The lowest BCUT2D eigenvalue weighted by atomic mass is 9.93. The maximum atomic E-state index is 11.8. The van der Waals surface area contributed by atoms with Gasteiger partial charge in [-0.05, 0) is 56.8 Å². The van der Waals surface area contributed by atoms with E-state index in [0.717, 1.165) is 30.8 Å². The molecule has 4 nitrogen and oxygen atoms in total. The molecular weight excluding hydrogens is 297 g/mol. The Morgan fingerprint density at radius 1 is 1.35 bits per heavy atom. The van der Waals surface area contributed by atoms with Crippen molar-refractivity contribution in [3.8, 4) is 0 Å². The molecule has 2 rings (SSSR count). The maximum absolute atomic E-state index is 11.8. The van der Waals surface area contributed by atoms with Gasteiger partial charge in [0, 0.05) is 12.6 Å². The van der Waals surface area contributed by atoms with Crippen LogP contribution in [-0.4, -0.2) is 24.0 Å². The second-order valence-electron chi connectivity index (χ2n) is 5.03. The highest BCUT2D eigenvalue weighted by atomic mass is 35.5. The molecule has 20 heavy (non-hydrogen) atoms. The van der Waals surface area contributed by atoms with E-state index < -0.39 is 0 Å². The number of carbonyl (C=O) groups is 1. The molecule has 2 heterocycles. The molecule has 1 aliphatic heterocycles. The molecule has 1 saturated heterocycles. The molecule has 114 valence electrons. The van der Waals surface area contributed by atoms with Gasteiger partial charge >= 0.3 is 0 Å². The molecule has 1 aromatic rings. The van der Waals surface area contributed by atoms with E-state index in [4.69, 9.17) is 0 Å². The van der Waals surface area contributed by atoms with E-state index >= 15 is 0 Å². The minimum atomic E-state index is 0. The number of halogens is 2. The molecule has 0 atom stereocenters. The number of amides is 1. The van der Waals surface area contributed by atoms with Gasteiger partial charge < -0.3 is 10.6 Å². The Kier molecular flexibility index (Phi) is 9.55. The van der Waals surface area contributed by atoms with Crippen LogP contribution in [0.4, 0.5) is 5.69 Å². The van der Waals surface area contributed by atoms with Crippen molar-refractivity contribution in [2.45, 2.75) is 32.6 Å². The molecule has 1 aliphatic rings. The van der Waals surface area contributed by atoms with Gasteiger partial charge in [-0.2, -0.15) is 0 Å². The van der Waals surface area contributed by atoms with Crippen LogP contribution in [0.5, 0.6) is 0 Å². The molecule has 2 N–H and O–H groups in total. The Labute approximate surface area is 132 Å². The van der Waals surface area contributed by atoms with Crippen molar-refractivity contribution < 1.29 is 4.79 Å². The van der Waals surface area contributed by atoms with E-state index in [-0.39, 0.29) is 30.7 Å². The summed E-state index contributed by atoms with van der Waals surface area (Å²) < 4.78 is 0. The zero-order valence-corrected chi connectivity index (χ0v) is 13.4. The molecule has 0 unspecified atom stereocenters. The van der Waals surface area contributed by atoms with Crippen LogP contribution >= 0.6 is 24.8 Å². The molecule has 6 heteroatoms. The lowest BCUT2D eigenvalue weighted by molar-refractivity contribution is -0.116. The normalized spacial score (nSPS) is 14.8. The summed E-state index contributed by atoms with van der Waals surface area (Å²) in [6.07, 6.45) is 7.46. The van der Waals surface area contributed by atoms with Crippen LogP contribution in [0.15, 0.2) is 18.5 Å². The molecule has 1 fully saturated rings. The highest BCUT2D eigenvalue weighted by Crippen LogP contribution is 2.18. The van der Waals surface area contributed by atoms with Gasteiger partial charge in [0.05, 0.1) is 11.9 Å². The summed E-state index contributed by atoms with van der Waals surface area (Å²) in [6, 6.07) is 1.94. The average Bonchev–Trinajstić information content (AvgIpc) is 2.38. The fourth-order valence-corrected chi connectivity index (χ4v) is 2.35. The monoisotopic (exact) mass is 319 g/mol. The number of aromatic nitrogens is 1. The van der Waals surface area contributed by atoms with Gasteiger partial charge in [-0.25, -0.2) is 0 Å². The highest BCUT2D eigenvalue weighted by molar-refractivity contribution is 5.90. The second kappa shape index (κ2) is 9.97. The van der Waals surface area contributed by atoms with Crippen LogP contribution in [0.1, 0.15) is 31.2 Å². The molecule has 0 saturated carbocycles. The quantitative estimate of drug-likeness (QED) is 0.897. The van der Waals surface area contributed by atoms with E-state index in [9.17, 15) is 4.79 Å². The fourth-order valence-electron chi connectivity index (χ4n) is 2.35. The number of carbonyl (C=O) groups excluding carboxylic acids is 1. The van der Waals surface area contributed by atoms with E-state index in [1.54, 1.807) is 12.4 Å². The Morgan fingerprint density at radius 3 is 2.70 bits per heavy atom. The van der Waals surface area contributed by atoms with Crippen molar-refractivity contribution >= 4 is 36.4 Å². The molecule has 1 aromatic heterocycles. The lowest BCUT2D eigenvalue weighted by Crippen LogP contribution is -2.28. The number of hydrogen-bond donors (Lipinski definition) is 2. The van der Waals surface area contributed by atoms with Crippen LogP contribution in [0.2, 0.25) is 0 Å². The molecule has 0 aliphatic carbocycles. The minimum absolute atomic E-state index is 0. The van der Waals surface area contributed by atoms with Crippen molar-refractivity contribution in [2.24, 2.45) is 5.92 Å². The molecule has 0 spiro atoms. The van der Waals surface area contributed by atoms with Crippen LogP contribution in [0.25, 0.3) is 0 Å². The summed E-state index contributed by atoms with van der Waals surface area (Å²) in [4.78, 5) is 15.9. The van der Waals surface area contributed by atoms with Crippen LogP contribution < -0.4 is 10.6 Å². The molecule has 0 bridgehead atoms. The summed E-state index contributed by atoms with van der Waals surface area (Å²) >= 11 is 0. The summed E-state index contributed by atoms with van der Waals surface area (Å²) in [5, 5.41) is 6.24. The Balaban J connectivity index is 0.00000180. The van der Waals surface area contributed by atoms with E-state index in [1.165, 1.54) is 12.8 Å². The molecular formula is C14H23Cl2N3O. The molecule has 0 aromatic carbocycles. The van der Waals surface area contributed by atoms with Gasteiger partial charge in [0.25, 0.3) is 0 Å². The van der Waals surface area contributed by atoms with Gasteiger partial charge in [-0.1, -0.05) is 0 Å². The zero-order chi connectivity index (χ0) is 12.8. The van der Waals surface area contributed by atoms with Crippen molar-refractivity contribution in [1.29, 1.82) is 0 Å². The first-order chi connectivity index (χ1) is 8.74. The van der Waals surface area contributed by atoms with Crippen LogP contribution in [0.3, 0.4) is 0 Å². The first-order valence-corrected chi connectivity index (χ1v) is 6.66. The number of hydrogen-bond acceptors (Lipinski definition) is 3. The van der Waals surface area contributed by atoms with Gasteiger partial charge in [-0.15, -0.1) is 24.8 Å². The summed E-state index contributed by atoms with van der Waals surface area (Å²) in [5.74, 6) is 0.800. The number of piperidine rings is 1. The maximum Gasteiger partial charge on any atom is 0.224 e. The number of pyridine rings is 1. The highest BCUT2D eigenvalue weighted by Gasteiger charge is 2.14. The van der Waals surface area contributed by atoms with E-state index in [0.29, 0.717) is 12.3 Å². The smallest absolute Gasteiger partial charge is 0.224 e. The van der Waals surface area contributed by atoms with Crippen molar-refractivity contribution in [2.75, 3.05) is 18.4 Å². The topological polar surface area (TPSA) is 54.0 Å². The van der Waals surface area contributed by atoms with Gasteiger partial charge in [0.2, 0.25) is 5.91 Å². The van der Waals surface area contributed by atoms with Gasteiger partial charge in [0.1, 0.15) is 0 Å². The van der Waals surface area contributed by atoms with Crippen molar-refractivity contribution in [3.63, 3.8) is 0 Å². The first kappa shape index (κ1) is 19.2. The summed E-state index contributed by atoms with van der Waals surface area (Å²) in [5.41, 5.74) is 1.86. The lowest BCUT2D eigenvalue weighted by Gasteiger charge is -2.22. The Bertz CT molecular complexity index is 409. The largest absolute Gasteiger partial charge is 0.325 e. The Morgan fingerprint density at radius 2 is 2.05 bits per heavy atom. The molecule has 0 radical (unpaired) electrons. The Hall–Kier alpha value is -0.840. The number of anilines is 1. The standard InChI is InChI=1S/C14H21N3O.2ClH/c1-11-8-13(10-16-9-11)17-14(18)3-2-12-4-6-15-7-5-12;;/h8-10,12,15H,2-7H2,1H3,(H,17,18);2*1H. The van der Waals surface area contributed by atoms with Gasteiger partial charge in [0.15, 0.2) is 0 Å².